The van der Waals surface area contributed by atoms with E-state index in [1.54, 1.807) is 25.4 Å². The molecule has 0 saturated carbocycles. The lowest BCUT2D eigenvalue weighted by Crippen LogP contribution is -2.49. The minimum absolute atomic E-state index is 0. The number of carbonyl (C=O) groups is 1. The van der Waals surface area contributed by atoms with Gasteiger partial charge in [0.1, 0.15) is 0 Å². The number of fused-ring (bicyclic) bond motifs is 1. The van der Waals surface area contributed by atoms with Crippen molar-refractivity contribution in [3.63, 3.8) is 0 Å². The smallest absolute Gasteiger partial charge is 0.264 e. The molecular weight excluding hydrogens is 506 g/mol. The Kier molecular flexibility index (Phi) is 9.83. The van der Waals surface area contributed by atoms with Crippen LogP contribution in [0.2, 0.25) is 0 Å². The molecule has 38 heavy (non-hydrogen) atoms. The van der Waals surface area contributed by atoms with Crippen molar-refractivity contribution in [2.75, 3.05) is 39.6 Å². The second-order valence-electron chi connectivity index (χ2n) is 9.68. The van der Waals surface area contributed by atoms with E-state index in [4.69, 9.17) is 9.94 Å². The number of likely N-dealkylation sites (N-methyl/N-ethyl adjacent to an activating group) is 1. The number of nitrogens with one attached hydrogen (secondary N) is 1. The van der Waals surface area contributed by atoms with E-state index in [9.17, 15) is 18.0 Å². The summed E-state index contributed by atoms with van der Waals surface area (Å²) in [5, 5.41) is 10.3. The zero-order valence-corrected chi connectivity index (χ0v) is 23.3. The molecule has 0 aliphatic heterocycles. The first-order valence-corrected chi connectivity index (χ1v) is 14.5. The highest BCUT2D eigenvalue weighted by Crippen LogP contribution is 2.25. The molecule has 3 rings (SSSR count). The molecule has 0 radical (unpaired) electrons. The molecule has 210 valence electrons. The highest BCUT2D eigenvalue weighted by atomic mass is 32.2. The maximum atomic E-state index is 13.1. The van der Waals surface area contributed by atoms with Crippen LogP contribution in [0.5, 0.6) is 0 Å². The Balaban J connectivity index is 0.00000400. The van der Waals surface area contributed by atoms with E-state index in [1.165, 1.54) is 22.5 Å². The Morgan fingerprint density at radius 1 is 1.13 bits per heavy atom. The lowest BCUT2D eigenvalue weighted by Gasteiger charge is -2.25. The maximum absolute atomic E-state index is 13.1. The number of rotatable bonds is 13. The van der Waals surface area contributed by atoms with Gasteiger partial charge in [-0.05, 0) is 66.6 Å². The van der Waals surface area contributed by atoms with Crippen LogP contribution in [0, 0.1) is 0 Å². The largest absolute Gasteiger partial charge is 0.383 e. The number of amides is 1. The molecule has 0 aliphatic rings. The normalized spacial score (nSPS) is 13.5. The topological polar surface area (TPSA) is 118 Å². The molecule has 1 heterocycles. The lowest BCUT2D eigenvalue weighted by molar-refractivity contribution is -0.131. The SMILES string of the molecule is CCN(CCOC)CCc1ccc(-c2ccc3c(=O)n(CC[C@](C)(C(=O)NO)S(C)(=O)=O)ccc3c2)cc1.[HH].[HH]. The number of sulfone groups is 1. The van der Waals surface area contributed by atoms with E-state index in [1.807, 2.05) is 12.1 Å². The Morgan fingerprint density at radius 2 is 1.82 bits per heavy atom. The van der Waals surface area contributed by atoms with Crippen molar-refractivity contribution in [3.05, 3.63) is 70.6 Å². The number of aromatic nitrogens is 1. The van der Waals surface area contributed by atoms with Crippen molar-refractivity contribution >= 4 is 26.5 Å². The summed E-state index contributed by atoms with van der Waals surface area (Å²) in [5.41, 5.74) is 4.44. The molecule has 0 aliphatic carbocycles. The number of methoxy groups -OCH3 is 1. The second kappa shape index (κ2) is 12.7. The second-order valence-corrected chi connectivity index (χ2v) is 12.1. The molecule has 1 atom stereocenters. The number of hydroxylamine groups is 1. The van der Waals surface area contributed by atoms with E-state index in [2.05, 4.69) is 36.1 Å². The van der Waals surface area contributed by atoms with Crippen molar-refractivity contribution in [2.45, 2.75) is 38.0 Å². The summed E-state index contributed by atoms with van der Waals surface area (Å²) in [6.07, 6.45) is 3.31. The molecule has 0 bridgehead atoms. The van der Waals surface area contributed by atoms with Gasteiger partial charge in [-0.15, -0.1) is 0 Å². The van der Waals surface area contributed by atoms with E-state index in [-0.39, 0.29) is 21.4 Å². The quantitative estimate of drug-likeness (QED) is 0.249. The third kappa shape index (κ3) is 6.68. The van der Waals surface area contributed by atoms with E-state index >= 15 is 0 Å². The standard InChI is InChI=1S/C28H37N3O6S.2H2/c1-5-30(18-19-37-3)15-12-21-6-8-22(9-7-21)23-10-11-25-24(20-23)13-16-31(26(25)32)17-14-28(2,27(33)29-34)38(4,35)36;;/h6-11,13,16,20,34H,5,12,14-15,17-19H2,1-4H3,(H,29,33);2*1H/t28-;;/m1../s1. The van der Waals surface area contributed by atoms with Crippen LogP contribution in [0.4, 0.5) is 0 Å². The van der Waals surface area contributed by atoms with Gasteiger partial charge < -0.3 is 14.2 Å². The van der Waals surface area contributed by atoms with Crippen LogP contribution >= 0.6 is 0 Å². The van der Waals surface area contributed by atoms with Crippen molar-refractivity contribution in [1.29, 1.82) is 0 Å². The average molecular weight is 548 g/mol. The van der Waals surface area contributed by atoms with Crippen LogP contribution in [0.15, 0.2) is 59.5 Å². The molecule has 0 unspecified atom stereocenters. The molecular formula is C28H41N3O6S. The molecule has 3 aromatic rings. The molecule has 1 aromatic heterocycles. The van der Waals surface area contributed by atoms with Crippen molar-refractivity contribution in [1.82, 2.24) is 14.9 Å². The maximum Gasteiger partial charge on any atom is 0.264 e. The number of nitrogens with zero attached hydrogens (tertiary/aromatic N) is 2. The van der Waals surface area contributed by atoms with Crippen molar-refractivity contribution in [2.24, 2.45) is 0 Å². The summed E-state index contributed by atoms with van der Waals surface area (Å²) in [6, 6.07) is 15.8. The third-order valence-corrected chi connectivity index (χ3v) is 9.30. The molecule has 2 aromatic carbocycles. The lowest BCUT2D eigenvalue weighted by atomic mass is 10.00. The van der Waals surface area contributed by atoms with E-state index in [0.29, 0.717) is 5.39 Å². The Hall–Kier alpha value is -3.05. The van der Waals surface area contributed by atoms with Gasteiger partial charge in [-0.2, -0.15) is 0 Å². The van der Waals surface area contributed by atoms with Crippen LogP contribution < -0.4 is 11.0 Å². The summed E-state index contributed by atoms with van der Waals surface area (Å²) >= 11 is 0. The monoisotopic (exact) mass is 547 g/mol. The highest BCUT2D eigenvalue weighted by Gasteiger charge is 2.43. The van der Waals surface area contributed by atoms with Crippen molar-refractivity contribution < 1.29 is 26.0 Å². The molecule has 9 nitrogen and oxygen atoms in total. The Bertz CT molecular complexity index is 1430. The summed E-state index contributed by atoms with van der Waals surface area (Å²) < 4.78 is 29.1. The number of ether oxygens (including phenoxy) is 1. The number of carbonyl (C=O) groups excluding carboxylic acids is 1. The molecule has 0 fully saturated rings. The first-order valence-electron chi connectivity index (χ1n) is 12.6. The summed E-state index contributed by atoms with van der Waals surface area (Å²) in [7, 11) is -2.13. The fourth-order valence-corrected chi connectivity index (χ4v) is 5.21. The van der Waals surface area contributed by atoms with E-state index in [0.717, 1.165) is 55.4 Å². The predicted molar refractivity (Wildman–Crippen MR) is 153 cm³/mol. The van der Waals surface area contributed by atoms with Gasteiger partial charge in [0.2, 0.25) is 0 Å². The molecule has 0 spiro atoms. The van der Waals surface area contributed by atoms with E-state index < -0.39 is 20.5 Å². The van der Waals surface area contributed by atoms with Gasteiger partial charge in [0.05, 0.1) is 6.61 Å². The van der Waals surface area contributed by atoms with Crippen LogP contribution in [0.25, 0.3) is 21.9 Å². The molecule has 1 amide bonds. The Labute approximate surface area is 226 Å². The number of hydrogen-bond donors (Lipinski definition) is 2. The molecule has 10 heteroatoms. The van der Waals surface area contributed by atoms with Gasteiger partial charge in [-0.3, -0.25) is 14.8 Å². The van der Waals surface area contributed by atoms with Gasteiger partial charge in [0.25, 0.3) is 11.5 Å². The van der Waals surface area contributed by atoms with Crippen LogP contribution in [0.1, 0.15) is 28.7 Å². The first kappa shape index (κ1) is 29.5. The van der Waals surface area contributed by atoms with Crippen LogP contribution in [-0.4, -0.2) is 73.4 Å². The highest BCUT2D eigenvalue weighted by molar-refractivity contribution is 7.92. The number of benzene rings is 2. The first-order chi connectivity index (χ1) is 18.0. The van der Waals surface area contributed by atoms with Gasteiger partial charge in [-0.25, -0.2) is 13.9 Å². The number of aryl methyl sites for hydroxylation is 1. The summed E-state index contributed by atoms with van der Waals surface area (Å²) in [6.45, 7) is 6.97. The minimum atomic E-state index is -3.85. The van der Waals surface area contributed by atoms with Crippen LogP contribution in [0.3, 0.4) is 0 Å². The zero-order valence-electron chi connectivity index (χ0n) is 22.4. The fourth-order valence-electron chi connectivity index (χ4n) is 4.36. The molecule has 0 saturated heterocycles. The third-order valence-electron chi connectivity index (χ3n) is 7.27. The summed E-state index contributed by atoms with van der Waals surface area (Å²) in [4.78, 5) is 27.5. The number of hydrogen-bond acceptors (Lipinski definition) is 7. The van der Waals surface area contributed by atoms with Gasteiger partial charge in [0.15, 0.2) is 14.6 Å². The fraction of sp³-hybridized carbons (Fsp3) is 0.429. The average Bonchev–Trinajstić information content (AvgIpc) is 2.91. The minimum Gasteiger partial charge on any atom is -0.383 e. The number of pyridine rings is 1. The Morgan fingerprint density at radius 3 is 2.42 bits per heavy atom. The molecule has 2 N–H and O–H groups in total. The van der Waals surface area contributed by atoms with Gasteiger partial charge in [0, 0.05) is 47.4 Å². The zero-order chi connectivity index (χ0) is 27.9. The van der Waals surface area contributed by atoms with Gasteiger partial charge >= 0.3 is 0 Å². The summed E-state index contributed by atoms with van der Waals surface area (Å²) in [5.74, 6) is -1.03. The predicted octanol–water partition coefficient (Wildman–Crippen LogP) is 3.37. The van der Waals surface area contributed by atoms with Gasteiger partial charge in [-0.1, -0.05) is 37.3 Å². The van der Waals surface area contributed by atoms with Crippen LogP contribution in [-0.2, 0) is 32.3 Å². The van der Waals surface area contributed by atoms with Crippen molar-refractivity contribution in [3.8, 4) is 11.1 Å².